The summed E-state index contributed by atoms with van der Waals surface area (Å²) < 4.78 is 15.5. The van der Waals surface area contributed by atoms with E-state index in [1.807, 2.05) is 66.7 Å². The Labute approximate surface area is 361 Å². The highest BCUT2D eigenvalue weighted by molar-refractivity contribution is 6.15. The monoisotopic (exact) mass is 806 g/mol. The predicted molar refractivity (Wildman–Crippen MR) is 256 cm³/mol. The Bertz CT molecular complexity index is 3900. The van der Waals surface area contributed by atoms with E-state index in [4.69, 9.17) is 23.8 Å². The molecule has 0 N–H and O–H groups in total. The van der Waals surface area contributed by atoms with Crippen LogP contribution in [0.4, 0.5) is 0 Å². The van der Waals surface area contributed by atoms with E-state index in [0.29, 0.717) is 17.5 Å². The zero-order valence-electron chi connectivity index (χ0n) is 33.7. The van der Waals surface area contributed by atoms with Gasteiger partial charge in [0, 0.05) is 54.7 Å². The average Bonchev–Trinajstić information content (AvgIpc) is 4.03. The highest BCUT2D eigenvalue weighted by Crippen LogP contribution is 2.42. The number of fused-ring (bicyclic) bond motifs is 9. The van der Waals surface area contributed by atoms with Crippen LogP contribution in [0, 0.1) is 0 Å². The first-order valence-electron chi connectivity index (χ1n) is 21.1. The van der Waals surface area contributed by atoms with Crippen molar-refractivity contribution in [1.82, 2.24) is 19.5 Å². The third-order valence-corrected chi connectivity index (χ3v) is 12.3. The molecular formula is C57H34N4O2. The summed E-state index contributed by atoms with van der Waals surface area (Å²) in [5.74, 6) is 1.69. The van der Waals surface area contributed by atoms with Crippen LogP contribution in [0.3, 0.4) is 0 Å². The molecule has 0 unspecified atom stereocenters. The summed E-state index contributed by atoms with van der Waals surface area (Å²) in [5, 5.41) is 6.45. The average molecular weight is 807 g/mol. The molecule has 4 aromatic heterocycles. The first-order chi connectivity index (χ1) is 31.2. The van der Waals surface area contributed by atoms with Gasteiger partial charge in [-0.25, -0.2) is 15.0 Å². The molecular weight excluding hydrogens is 773 g/mol. The number of benzene rings is 9. The number of hydrogen-bond donors (Lipinski definition) is 0. The molecule has 6 nitrogen and oxygen atoms in total. The number of rotatable bonds is 6. The fourth-order valence-electron chi connectivity index (χ4n) is 9.37. The van der Waals surface area contributed by atoms with Crippen LogP contribution < -0.4 is 0 Å². The summed E-state index contributed by atoms with van der Waals surface area (Å²) in [6.07, 6.45) is 0. The van der Waals surface area contributed by atoms with Gasteiger partial charge in [0.25, 0.3) is 0 Å². The van der Waals surface area contributed by atoms with Crippen molar-refractivity contribution in [3.63, 3.8) is 0 Å². The number of furan rings is 2. The lowest BCUT2D eigenvalue weighted by atomic mass is 9.99. The number of nitrogens with zero attached hydrogens (tertiary/aromatic N) is 4. The molecule has 0 aliphatic carbocycles. The van der Waals surface area contributed by atoms with Gasteiger partial charge in [-0.2, -0.15) is 0 Å². The number of aromatic nitrogens is 4. The molecule has 0 fully saturated rings. The Morgan fingerprint density at radius 2 is 0.905 bits per heavy atom. The highest BCUT2D eigenvalue weighted by Gasteiger charge is 2.21. The van der Waals surface area contributed by atoms with Gasteiger partial charge in [0.05, 0.1) is 11.0 Å². The molecule has 6 heteroatoms. The molecule has 13 aromatic rings. The van der Waals surface area contributed by atoms with Crippen LogP contribution in [-0.2, 0) is 0 Å². The Hall–Kier alpha value is -8.61. The maximum atomic E-state index is 6.58. The number of para-hydroxylation sites is 1. The molecule has 13 rings (SSSR count). The highest BCUT2D eigenvalue weighted by atomic mass is 16.3. The van der Waals surface area contributed by atoms with Gasteiger partial charge in [0.1, 0.15) is 22.3 Å². The van der Waals surface area contributed by atoms with Crippen molar-refractivity contribution in [2.75, 3.05) is 0 Å². The minimum absolute atomic E-state index is 0.551. The zero-order chi connectivity index (χ0) is 41.4. The van der Waals surface area contributed by atoms with Gasteiger partial charge < -0.3 is 13.4 Å². The molecule has 0 saturated heterocycles. The van der Waals surface area contributed by atoms with Crippen LogP contribution in [0.1, 0.15) is 0 Å². The lowest BCUT2D eigenvalue weighted by Gasteiger charge is -2.10. The van der Waals surface area contributed by atoms with Crippen molar-refractivity contribution < 1.29 is 8.83 Å². The van der Waals surface area contributed by atoms with E-state index < -0.39 is 0 Å². The maximum absolute atomic E-state index is 6.58. The Morgan fingerprint density at radius 3 is 1.68 bits per heavy atom. The lowest BCUT2D eigenvalue weighted by Crippen LogP contribution is -2.00. The SMILES string of the molecule is c1ccc(-c2ccc3c(c2)c2ccccc2n3-c2ccc3oc4cccc(-c5nc(-c6ccccc6)nc(-c6ccc7c(c6)oc6cccc(-c8ccccc8)c67)n5)c4c3c2)cc1. The molecule has 63 heavy (non-hydrogen) atoms. The van der Waals surface area contributed by atoms with Gasteiger partial charge >= 0.3 is 0 Å². The Balaban J connectivity index is 0.989. The fourth-order valence-corrected chi connectivity index (χ4v) is 9.37. The molecule has 0 radical (unpaired) electrons. The molecule has 9 aromatic carbocycles. The molecule has 0 aliphatic rings. The van der Waals surface area contributed by atoms with E-state index in [0.717, 1.165) is 88.4 Å². The van der Waals surface area contributed by atoms with Crippen LogP contribution in [-0.4, -0.2) is 19.5 Å². The molecule has 0 saturated carbocycles. The van der Waals surface area contributed by atoms with Gasteiger partial charge in [0.2, 0.25) is 0 Å². The van der Waals surface area contributed by atoms with Gasteiger partial charge in [-0.15, -0.1) is 0 Å². The van der Waals surface area contributed by atoms with E-state index >= 15 is 0 Å². The summed E-state index contributed by atoms with van der Waals surface area (Å²) >= 11 is 0. The molecule has 0 aliphatic heterocycles. The van der Waals surface area contributed by atoms with Crippen molar-refractivity contribution in [2.24, 2.45) is 0 Å². The third kappa shape index (κ3) is 5.69. The third-order valence-electron chi connectivity index (χ3n) is 12.3. The van der Waals surface area contributed by atoms with Crippen LogP contribution in [0.5, 0.6) is 0 Å². The standard InChI is InChI=1S/C57H34N4O2/c1-4-14-35(15-5-1)38-27-30-48-45(32-38)42-20-10-11-23-47(42)61(48)40-28-31-49-46(34-40)54-44(22-13-25-51(54)62-49)57-59-55(37-18-8-3-9-19-37)58-56(60-57)39-26-29-43-52(33-39)63-50-24-12-21-41(53(43)50)36-16-6-2-7-17-36/h1-34H. The zero-order valence-corrected chi connectivity index (χ0v) is 33.7. The fraction of sp³-hybridized carbons (Fsp3) is 0. The molecule has 0 atom stereocenters. The summed E-state index contributed by atoms with van der Waals surface area (Å²) in [4.78, 5) is 15.5. The smallest absolute Gasteiger partial charge is 0.164 e. The summed E-state index contributed by atoms with van der Waals surface area (Å²) in [5.41, 5.74) is 13.7. The molecule has 0 bridgehead atoms. The Morgan fingerprint density at radius 1 is 0.302 bits per heavy atom. The van der Waals surface area contributed by atoms with E-state index in [1.54, 1.807) is 0 Å². The largest absolute Gasteiger partial charge is 0.456 e. The van der Waals surface area contributed by atoms with Crippen LogP contribution in [0.2, 0.25) is 0 Å². The first kappa shape index (κ1) is 35.2. The van der Waals surface area contributed by atoms with Gasteiger partial charge in [-0.3, -0.25) is 0 Å². The van der Waals surface area contributed by atoms with Gasteiger partial charge in [-0.05, 0) is 82.9 Å². The minimum atomic E-state index is 0.551. The first-order valence-corrected chi connectivity index (χ1v) is 21.1. The van der Waals surface area contributed by atoms with Gasteiger partial charge in [-0.1, -0.05) is 146 Å². The second-order valence-electron chi connectivity index (χ2n) is 15.9. The van der Waals surface area contributed by atoms with E-state index in [2.05, 4.69) is 144 Å². The van der Waals surface area contributed by atoms with E-state index in [1.165, 1.54) is 21.9 Å². The summed E-state index contributed by atoms with van der Waals surface area (Å²) in [6.45, 7) is 0. The molecule has 4 heterocycles. The quantitative estimate of drug-likeness (QED) is 0.167. The Kier molecular flexibility index (Phi) is 7.80. The normalized spacial score (nSPS) is 11.8. The predicted octanol–water partition coefficient (Wildman–Crippen LogP) is 15.1. The summed E-state index contributed by atoms with van der Waals surface area (Å²) in [7, 11) is 0. The van der Waals surface area contributed by atoms with Crippen molar-refractivity contribution in [3.05, 3.63) is 206 Å². The second kappa shape index (κ2) is 14.0. The van der Waals surface area contributed by atoms with Crippen LogP contribution >= 0.6 is 0 Å². The van der Waals surface area contributed by atoms with Gasteiger partial charge in [0.15, 0.2) is 17.5 Å². The minimum Gasteiger partial charge on any atom is -0.456 e. The number of hydrogen-bond acceptors (Lipinski definition) is 5. The molecule has 294 valence electrons. The lowest BCUT2D eigenvalue weighted by molar-refractivity contribution is 0.668. The van der Waals surface area contributed by atoms with Crippen molar-refractivity contribution >= 4 is 65.7 Å². The topological polar surface area (TPSA) is 69.9 Å². The van der Waals surface area contributed by atoms with Crippen molar-refractivity contribution in [2.45, 2.75) is 0 Å². The van der Waals surface area contributed by atoms with E-state index in [9.17, 15) is 0 Å². The molecule has 0 amide bonds. The summed E-state index contributed by atoms with van der Waals surface area (Å²) in [6, 6.07) is 71.5. The van der Waals surface area contributed by atoms with Crippen LogP contribution in [0.25, 0.3) is 128 Å². The van der Waals surface area contributed by atoms with Crippen molar-refractivity contribution in [3.8, 4) is 62.1 Å². The molecule has 0 spiro atoms. The van der Waals surface area contributed by atoms with E-state index in [-0.39, 0.29) is 0 Å². The maximum Gasteiger partial charge on any atom is 0.164 e. The van der Waals surface area contributed by atoms with Crippen LogP contribution in [0.15, 0.2) is 215 Å². The van der Waals surface area contributed by atoms with Crippen molar-refractivity contribution in [1.29, 1.82) is 0 Å². The second-order valence-corrected chi connectivity index (χ2v) is 15.9.